The second kappa shape index (κ2) is 7.17. The summed E-state index contributed by atoms with van der Waals surface area (Å²) in [5, 5.41) is 11.2. The number of halogens is 1. The topological polar surface area (TPSA) is 73.9 Å². The van der Waals surface area contributed by atoms with Crippen molar-refractivity contribution in [3.63, 3.8) is 0 Å². The number of H-pyrrole nitrogens is 1. The van der Waals surface area contributed by atoms with Crippen molar-refractivity contribution in [2.75, 3.05) is 18.0 Å². The lowest BCUT2D eigenvalue weighted by Gasteiger charge is -2.15. The van der Waals surface area contributed by atoms with Crippen LogP contribution in [-0.4, -0.2) is 40.2 Å². The van der Waals surface area contributed by atoms with E-state index in [1.807, 2.05) is 36.4 Å². The summed E-state index contributed by atoms with van der Waals surface area (Å²) in [5.74, 6) is 0.742. The van der Waals surface area contributed by atoms with E-state index in [9.17, 15) is 4.79 Å². The molecule has 3 aromatic rings. The third-order valence-electron chi connectivity index (χ3n) is 4.46. The van der Waals surface area contributed by atoms with Crippen LogP contribution in [0.25, 0.3) is 11.3 Å². The molecule has 0 saturated carbocycles. The Kier molecular flexibility index (Phi) is 4.58. The van der Waals surface area contributed by atoms with E-state index in [0.717, 1.165) is 36.6 Å². The Bertz CT molecular complexity index is 894. The number of nitrogens with zero attached hydrogens (tertiary/aromatic N) is 3. The molecule has 1 aliphatic heterocycles. The average Bonchev–Trinajstić information content (AvgIpc) is 3.32. The Hall–Kier alpha value is -2.86. The first-order valence-corrected chi connectivity index (χ1v) is 8.85. The molecule has 1 amide bonds. The van der Waals surface area contributed by atoms with Crippen LogP contribution in [0.15, 0.2) is 54.7 Å². The van der Waals surface area contributed by atoms with Gasteiger partial charge in [-0.1, -0.05) is 29.8 Å². The fraction of sp³-hybridized carbons (Fsp3) is 0.211. The van der Waals surface area contributed by atoms with Gasteiger partial charge in [0.1, 0.15) is 5.69 Å². The van der Waals surface area contributed by atoms with Crippen LogP contribution in [-0.2, 0) is 0 Å². The molecule has 0 radical (unpaired) electrons. The van der Waals surface area contributed by atoms with E-state index in [0.29, 0.717) is 10.7 Å². The number of anilines is 1. The second-order valence-electron chi connectivity index (χ2n) is 6.27. The van der Waals surface area contributed by atoms with E-state index in [1.54, 1.807) is 18.3 Å². The minimum absolute atomic E-state index is 0.0835. The molecule has 0 spiro atoms. The van der Waals surface area contributed by atoms with Crippen LogP contribution in [0.3, 0.4) is 0 Å². The third-order valence-corrected chi connectivity index (χ3v) is 4.72. The van der Waals surface area contributed by atoms with Gasteiger partial charge in [-0.3, -0.25) is 14.9 Å². The summed E-state index contributed by atoms with van der Waals surface area (Å²) in [4.78, 5) is 18.5. The molecule has 3 heterocycles. The average molecular weight is 368 g/mol. The van der Waals surface area contributed by atoms with Crippen LogP contribution >= 0.6 is 11.6 Å². The zero-order chi connectivity index (χ0) is 17.9. The van der Waals surface area contributed by atoms with Crippen LogP contribution in [0.1, 0.15) is 16.9 Å². The van der Waals surface area contributed by atoms with Crippen LogP contribution in [0.5, 0.6) is 0 Å². The Morgan fingerprint density at radius 1 is 1.23 bits per heavy atom. The largest absolute Gasteiger partial charge is 0.353 e. The van der Waals surface area contributed by atoms with Gasteiger partial charge in [0.2, 0.25) is 0 Å². The third kappa shape index (κ3) is 3.55. The smallest absolute Gasteiger partial charge is 0.270 e. The number of rotatable bonds is 4. The SMILES string of the molecule is O=C(N[C@H]1CCN(c2cc(-c3ccc(Cl)cc3)[nH]n2)C1)c1ccccn1. The zero-order valence-electron chi connectivity index (χ0n) is 14.0. The number of carbonyl (C=O) groups is 1. The van der Waals surface area contributed by atoms with Crippen molar-refractivity contribution in [1.29, 1.82) is 0 Å². The van der Waals surface area contributed by atoms with Crippen LogP contribution in [0.2, 0.25) is 5.02 Å². The number of hydrogen-bond acceptors (Lipinski definition) is 4. The maximum atomic E-state index is 12.2. The molecule has 6 nitrogen and oxygen atoms in total. The van der Waals surface area contributed by atoms with Crippen LogP contribution in [0, 0.1) is 0 Å². The molecule has 0 aliphatic carbocycles. The summed E-state index contributed by atoms with van der Waals surface area (Å²) < 4.78 is 0. The molecular formula is C19H18ClN5O. The molecule has 1 atom stereocenters. The molecule has 0 unspecified atom stereocenters. The molecule has 2 N–H and O–H groups in total. The normalized spacial score (nSPS) is 16.7. The molecule has 0 bridgehead atoms. The predicted octanol–water partition coefficient (Wildman–Crippen LogP) is 3.13. The molecule has 1 aliphatic rings. The predicted molar refractivity (Wildman–Crippen MR) is 101 cm³/mol. The quantitative estimate of drug-likeness (QED) is 0.743. The van der Waals surface area contributed by atoms with Gasteiger partial charge in [0, 0.05) is 36.4 Å². The minimum Gasteiger partial charge on any atom is -0.353 e. The van der Waals surface area contributed by atoms with Crippen molar-refractivity contribution in [3.8, 4) is 11.3 Å². The maximum Gasteiger partial charge on any atom is 0.270 e. The van der Waals surface area contributed by atoms with Gasteiger partial charge < -0.3 is 10.2 Å². The Morgan fingerprint density at radius 2 is 2.08 bits per heavy atom. The van der Waals surface area contributed by atoms with Crippen molar-refractivity contribution < 1.29 is 4.79 Å². The van der Waals surface area contributed by atoms with E-state index >= 15 is 0 Å². The van der Waals surface area contributed by atoms with Gasteiger partial charge in [-0.15, -0.1) is 0 Å². The Balaban J connectivity index is 1.40. The second-order valence-corrected chi connectivity index (χ2v) is 6.70. The summed E-state index contributed by atoms with van der Waals surface area (Å²) >= 11 is 5.94. The van der Waals surface area contributed by atoms with Gasteiger partial charge in [-0.05, 0) is 36.2 Å². The van der Waals surface area contributed by atoms with E-state index in [1.165, 1.54) is 0 Å². The number of benzene rings is 1. The standard InChI is InChI=1S/C19H18ClN5O/c20-14-6-4-13(5-7-14)17-11-18(24-23-17)25-10-8-15(12-25)22-19(26)16-3-1-2-9-21-16/h1-7,9,11,15H,8,10,12H2,(H,22,26)(H,23,24)/t15-/m0/s1. The summed E-state index contributed by atoms with van der Waals surface area (Å²) in [5.41, 5.74) is 2.42. The molecule has 132 valence electrons. The van der Waals surface area contributed by atoms with Gasteiger partial charge in [-0.2, -0.15) is 5.10 Å². The van der Waals surface area contributed by atoms with E-state index in [2.05, 4.69) is 25.4 Å². The van der Waals surface area contributed by atoms with Crippen molar-refractivity contribution in [2.24, 2.45) is 0 Å². The lowest BCUT2D eigenvalue weighted by atomic mass is 10.1. The van der Waals surface area contributed by atoms with Gasteiger partial charge in [0.15, 0.2) is 5.82 Å². The fourth-order valence-electron chi connectivity index (χ4n) is 3.09. The van der Waals surface area contributed by atoms with Gasteiger partial charge in [-0.25, -0.2) is 0 Å². The molecule has 7 heteroatoms. The first-order chi connectivity index (χ1) is 12.7. The number of carbonyl (C=O) groups excluding carboxylic acids is 1. The molecule has 1 saturated heterocycles. The molecule has 4 rings (SSSR count). The Labute approximate surface area is 156 Å². The lowest BCUT2D eigenvalue weighted by molar-refractivity contribution is 0.0935. The highest BCUT2D eigenvalue weighted by molar-refractivity contribution is 6.30. The Morgan fingerprint density at radius 3 is 2.85 bits per heavy atom. The number of pyridine rings is 1. The summed E-state index contributed by atoms with van der Waals surface area (Å²) in [6.07, 6.45) is 2.50. The van der Waals surface area contributed by atoms with Crippen molar-refractivity contribution >= 4 is 23.3 Å². The highest BCUT2D eigenvalue weighted by atomic mass is 35.5. The van der Waals surface area contributed by atoms with Crippen LogP contribution in [0.4, 0.5) is 5.82 Å². The molecular weight excluding hydrogens is 350 g/mol. The fourth-order valence-corrected chi connectivity index (χ4v) is 3.22. The number of nitrogens with one attached hydrogen (secondary N) is 2. The van der Waals surface area contributed by atoms with Gasteiger partial charge in [0.05, 0.1) is 5.69 Å². The van der Waals surface area contributed by atoms with Crippen molar-refractivity contribution in [1.82, 2.24) is 20.5 Å². The van der Waals surface area contributed by atoms with E-state index in [4.69, 9.17) is 11.6 Å². The summed E-state index contributed by atoms with van der Waals surface area (Å²) in [6, 6.07) is 15.1. The van der Waals surface area contributed by atoms with Gasteiger partial charge in [0.25, 0.3) is 5.91 Å². The first kappa shape index (κ1) is 16.6. The first-order valence-electron chi connectivity index (χ1n) is 8.47. The lowest BCUT2D eigenvalue weighted by Crippen LogP contribution is -2.37. The number of aromatic nitrogens is 3. The van der Waals surface area contributed by atoms with Gasteiger partial charge >= 0.3 is 0 Å². The highest BCUT2D eigenvalue weighted by Gasteiger charge is 2.26. The summed E-state index contributed by atoms with van der Waals surface area (Å²) in [7, 11) is 0. The molecule has 1 aromatic carbocycles. The monoisotopic (exact) mass is 367 g/mol. The minimum atomic E-state index is -0.138. The van der Waals surface area contributed by atoms with E-state index < -0.39 is 0 Å². The van der Waals surface area contributed by atoms with Crippen LogP contribution < -0.4 is 10.2 Å². The van der Waals surface area contributed by atoms with Crippen molar-refractivity contribution in [3.05, 3.63) is 65.4 Å². The molecule has 2 aromatic heterocycles. The highest BCUT2D eigenvalue weighted by Crippen LogP contribution is 2.25. The number of hydrogen-bond donors (Lipinski definition) is 2. The van der Waals surface area contributed by atoms with Crippen molar-refractivity contribution in [2.45, 2.75) is 12.5 Å². The maximum absolute atomic E-state index is 12.2. The molecule has 26 heavy (non-hydrogen) atoms. The van der Waals surface area contributed by atoms with E-state index in [-0.39, 0.29) is 11.9 Å². The summed E-state index contributed by atoms with van der Waals surface area (Å²) in [6.45, 7) is 1.57. The number of aromatic amines is 1. The zero-order valence-corrected chi connectivity index (χ0v) is 14.8. The number of amides is 1. The molecule has 1 fully saturated rings.